The highest BCUT2D eigenvalue weighted by Crippen LogP contribution is 2.27. The molecule has 0 saturated heterocycles. The number of nitriles is 1. The summed E-state index contributed by atoms with van der Waals surface area (Å²) in [5, 5.41) is 8.98. The van der Waals surface area contributed by atoms with E-state index in [1.54, 1.807) is 18.2 Å². The fraction of sp³-hybridized carbons (Fsp3) is 0.0909. The van der Waals surface area contributed by atoms with Crippen LogP contribution in [0.25, 0.3) is 0 Å². The maximum absolute atomic E-state index is 10.9. The van der Waals surface area contributed by atoms with Crippen molar-refractivity contribution in [3.63, 3.8) is 0 Å². The van der Waals surface area contributed by atoms with Crippen LogP contribution in [0.1, 0.15) is 0 Å². The molecule has 0 atom stereocenters. The largest absolute Gasteiger partial charge is 0.463 e. The van der Waals surface area contributed by atoms with Crippen LogP contribution in [0.5, 0.6) is 5.75 Å². The van der Waals surface area contributed by atoms with Gasteiger partial charge in [-0.25, -0.2) is 4.79 Å². The molecule has 0 saturated carbocycles. The van der Waals surface area contributed by atoms with Gasteiger partial charge in [0, 0.05) is 5.02 Å². The summed E-state index contributed by atoms with van der Waals surface area (Å²) < 4.78 is 9.55. The fourth-order valence-corrected chi connectivity index (χ4v) is 1.34. The third-order valence-corrected chi connectivity index (χ3v) is 2.10. The molecule has 0 aliphatic rings. The average molecular weight is 272 g/mol. The third kappa shape index (κ3) is 4.77. The number of hydrogen-bond acceptors (Lipinski definition) is 4. The lowest BCUT2D eigenvalue weighted by Gasteiger charge is -2.02. The van der Waals surface area contributed by atoms with Crippen LogP contribution in [0, 0.1) is 11.3 Å². The number of nitrogens with zero attached hydrogens (tertiary/aromatic N) is 1. The molecule has 0 aliphatic heterocycles. The van der Waals surface area contributed by atoms with Crippen molar-refractivity contribution in [3.05, 3.63) is 40.6 Å². The van der Waals surface area contributed by atoms with Gasteiger partial charge in [0.15, 0.2) is 6.61 Å². The Labute approximate surface area is 108 Å². The van der Waals surface area contributed by atoms with E-state index in [4.69, 9.17) is 33.2 Å². The number of carbonyl (C=O) groups excluding carboxylic acids is 1. The highest BCUT2D eigenvalue weighted by Gasteiger charge is 2.01. The first-order valence-electron chi connectivity index (χ1n) is 4.45. The highest BCUT2D eigenvalue weighted by molar-refractivity contribution is 6.35. The molecule has 0 heterocycles. The topological polar surface area (TPSA) is 59.3 Å². The van der Waals surface area contributed by atoms with E-state index in [0.29, 0.717) is 15.8 Å². The molecule has 6 heteroatoms. The van der Waals surface area contributed by atoms with Crippen LogP contribution >= 0.6 is 23.2 Å². The first-order valence-corrected chi connectivity index (χ1v) is 5.21. The maximum Gasteiger partial charge on any atom is 0.334 e. The van der Waals surface area contributed by atoms with Gasteiger partial charge in [-0.2, -0.15) is 5.26 Å². The van der Waals surface area contributed by atoms with E-state index in [1.807, 2.05) is 0 Å². The molecule has 0 amide bonds. The molecule has 0 unspecified atom stereocenters. The molecular weight excluding hydrogens is 265 g/mol. The summed E-state index contributed by atoms with van der Waals surface area (Å²) in [6.45, 7) is -0.301. The van der Waals surface area contributed by atoms with Crippen LogP contribution in [0.3, 0.4) is 0 Å². The molecule has 1 rings (SSSR count). The summed E-state index contributed by atoms with van der Waals surface area (Å²) in [5.74, 6) is -0.308. The number of carbonyl (C=O) groups is 1. The Hall–Kier alpha value is -1.70. The smallest absolute Gasteiger partial charge is 0.334 e. The van der Waals surface area contributed by atoms with Gasteiger partial charge in [0.25, 0.3) is 0 Å². The van der Waals surface area contributed by atoms with E-state index >= 15 is 0 Å². The summed E-state index contributed by atoms with van der Waals surface area (Å²) in [4.78, 5) is 10.9. The van der Waals surface area contributed by atoms with Crippen molar-refractivity contribution in [2.24, 2.45) is 0 Å². The number of halogens is 2. The molecule has 0 aromatic heterocycles. The van der Waals surface area contributed by atoms with Crippen molar-refractivity contribution in [2.75, 3.05) is 6.61 Å². The molecule has 4 nitrogen and oxygen atoms in total. The second-order valence-electron chi connectivity index (χ2n) is 2.76. The summed E-state index contributed by atoms with van der Waals surface area (Å²) >= 11 is 11.5. The summed E-state index contributed by atoms with van der Waals surface area (Å²) in [6.07, 6.45) is 2.16. The molecular formula is C11H7Cl2NO3. The standard InChI is InChI=1S/C11H7Cl2NO3/c12-8-1-2-10(9(13)7-8)16-5-3-11(15)17-6-4-14/h1-3,5,7H,6H2/b5-3+. The molecule has 0 radical (unpaired) electrons. The monoisotopic (exact) mass is 271 g/mol. The van der Waals surface area contributed by atoms with Crippen LogP contribution in [-0.4, -0.2) is 12.6 Å². The van der Waals surface area contributed by atoms with Gasteiger partial charge in [0.05, 0.1) is 17.4 Å². The van der Waals surface area contributed by atoms with E-state index < -0.39 is 5.97 Å². The van der Waals surface area contributed by atoms with Crippen molar-refractivity contribution < 1.29 is 14.3 Å². The van der Waals surface area contributed by atoms with E-state index in [9.17, 15) is 4.79 Å². The number of benzene rings is 1. The predicted molar refractivity (Wildman–Crippen MR) is 62.8 cm³/mol. The number of hydrogen-bond donors (Lipinski definition) is 0. The zero-order valence-corrected chi connectivity index (χ0v) is 10.0. The van der Waals surface area contributed by atoms with Gasteiger partial charge in [0.1, 0.15) is 11.8 Å². The third-order valence-electron chi connectivity index (χ3n) is 1.57. The second-order valence-corrected chi connectivity index (χ2v) is 3.60. The SMILES string of the molecule is N#CCOC(=O)/C=C/Oc1ccc(Cl)cc1Cl. The Bertz CT molecular complexity index is 480. The number of ether oxygens (including phenoxy) is 2. The van der Waals surface area contributed by atoms with Gasteiger partial charge < -0.3 is 9.47 Å². The van der Waals surface area contributed by atoms with Gasteiger partial charge in [-0.1, -0.05) is 23.2 Å². The first kappa shape index (κ1) is 13.4. The Morgan fingerprint density at radius 1 is 1.47 bits per heavy atom. The van der Waals surface area contributed by atoms with E-state index in [-0.39, 0.29) is 6.61 Å². The van der Waals surface area contributed by atoms with E-state index in [0.717, 1.165) is 12.3 Å². The highest BCUT2D eigenvalue weighted by atomic mass is 35.5. The second kappa shape index (κ2) is 6.79. The molecule has 0 fully saturated rings. The van der Waals surface area contributed by atoms with Crippen LogP contribution in [-0.2, 0) is 9.53 Å². The lowest BCUT2D eigenvalue weighted by atomic mass is 10.3. The molecule has 1 aromatic carbocycles. The molecule has 17 heavy (non-hydrogen) atoms. The van der Waals surface area contributed by atoms with Gasteiger partial charge in [-0.05, 0) is 18.2 Å². The summed E-state index contributed by atoms with van der Waals surface area (Å²) in [7, 11) is 0. The Balaban J connectivity index is 2.53. The average Bonchev–Trinajstić information content (AvgIpc) is 2.29. The summed E-state index contributed by atoms with van der Waals surface area (Å²) in [6, 6.07) is 6.35. The number of rotatable bonds is 4. The van der Waals surface area contributed by atoms with Gasteiger partial charge in [0.2, 0.25) is 0 Å². The molecule has 0 aliphatic carbocycles. The van der Waals surface area contributed by atoms with Crippen molar-refractivity contribution in [1.29, 1.82) is 5.26 Å². The molecule has 0 N–H and O–H groups in total. The molecule has 0 spiro atoms. The molecule has 88 valence electrons. The van der Waals surface area contributed by atoms with Crippen LogP contribution in [0.4, 0.5) is 0 Å². The normalized spacial score (nSPS) is 9.94. The minimum Gasteiger partial charge on any atom is -0.463 e. The lowest BCUT2D eigenvalue weighted by molar-refractivity contribution is -0.136. The minimum atomic E-state index is -0.670. The van der Waals surface area contributed by atoms with Gasteiger partial charge in [-0.15, -0.1) is 0 Å². The lowest BCUT2D eigenvalue weighted by Crippen LogP contribution is -2.00. The van der Waals surface area contributed by atoms with E-state index in [1.165, 1.54) is 6.07 Å². The van der Waals surface area contributed by atoms with Gasteiger partial charge >= 0.3 is 5.97 Å². The van der Waals surface area contributed by atoms with Crippen LogP contribution < -0.4 is 4.74 Å². The van der Waals surface area contributed by atoms with Crippen molar-refractivity contribution in [3.8, 4) is 11.8 Å². The van der Waals surface area contributed by atoms with E-state index in [2.05, 4.69) is 4.74 Å². The Morgan fingerprint density at radius 2 is 2.24 bits per heavy atom. The fourth-order valence-electron chi connectivity index (χ4n) is 0.885. The van der Waals surface area contributed by atoms with Crippen LogP contribution in [0.15, 0.2) is 30.5 Å². The Kier molecular flexibility index (Phi) is 5.34. The van der Waals surface area contributed by atoms with Crippen molar-refractivity contribution in [2.45, 2.75) is 0 Å². The predicted octanol–water partition coefficient (Wildman–Crippen LogP) is 2.95. The zero-order valence-electron chi connectivity index (χ0n) is 8.52. The van der Waals surface area contributed by atoms with Crippen molar-refractivity contribution in [1.82, 2.24) is 0 Å². The Morgan fingerprint density at radius 3 is 2.88 bits per heavy atom. The minimum absolute atomic E-state index is 0.301. The summed E-state index contributed by atoms with van der Waals surface area (Å²) in [5.41, 5.74) is 0. The zero-order chi connectivity index (χ0) is 12.7. The van der Waals surface area contributed by atoms with Crippen molar-refractivity contribution >= 4 is 29.2 Å². The van der Waals surface area contributed by atoms with Gasteiger partial charge in [-0.3, -0.25) is 0 Å². The molecule has 1 aromatic rings. The quantitative estimate of drug-likeness (QED) is 0.480. The molecule has 0 bridgehead atoms. The van der Waals surface area contributed by atoms with Crippen LogP contribution in [0.2, 0.25) is 10.0 Å². The number of esters is 1. The maximum atomic E-state index is 10.9. The first-order chi connectivity index (χ1) is 8.13.